The van der Waals surface area contributed by atoms with Gasteiger partial charge in [0.15, 0.2) is 0 Å². The van der Waals surface area contributed by atoms with Gasteiger partial charge in [-0.2, -0.15) is 4.41 Å². The van der Waals surface area contributed by atoms with Crippen molar-refractivity contribution in [2.75, 3.05) is 17.7 Å². The number of aromatic nitrogens is 1. The molecule has 1 aliphatic carbocycles. The second kappa shape index (κ2) is 10.9. The Morgan fingerprint density at radius 1 is 1.12 bits per heavy atom. The van der Waals surface area contributed by atoms with Crippen molar-refractivity contribution in [3.05, 3.63) is 47.8 Å². The number of anilines is 1. The lowest BCUT2D eigenvalue weighted by atomic mass is 9.81. The molecule has 2 aromatic carbocycles. The molecule has 4 bridgehead atoms. The van der Waals surface area contributed by atoms with E-state index in [1.165, 1.54) is 48.2 Å². The lowest BCUT2D eigenvalue weighted by molar-refractivity contribution is 0.138. The smallest absolute Gasteiger partial charge is 0.346 e. The molecule has 3 heterocycles. The molecule has 2 atom stereocenters. The second-order valence-corrected chi connectivity index (χ2v) is 13.2. The summed E-state index contributed by atoms with van der Waals surface area (Å²) in [5.41, 5.74) is 8.06. The van der Waals surface area contributed by atoms with Crippen LogP contribution in [0.5, 0.6) is 5.75 Å². The minimum Gasteiger partial charge on any atom is -0.492 e. The number of benzene rings is 2. The Hall–Kier alpha value is -2.75. The van der Waals surface area contributed by atoms with Crippen LogP contribution in [0.15, 0.2) is 36.4 Å². The molecule has 9 heteroatoms. The van der Waals surface area contributed by atoms with Crippen molar-refractivity contribution in [3.63, 3.8) is 0 Å². The van der Waals surface area contributed by atoms with Crippen LogP contribution < -0.4 is 20.8 Å². The molecule has 0 spiro atoms. The molecule has 3 N–H and O–H groups in total. The molecule has 40 heavy (non-hydrogen) atoms. The average Bonchev–Trinajstić information content (AvgIpc) is 3.21. The molecular formula is C31H40FN5O2S. The number of urea groups is 1. The van der Waals surface area contributed by atoms with Crippen molar-refractivity contribution in [2.24, 2.45) is 5.92 Å². The molecule has 0 radical (unpaired) electrons. The first-order chi connectivity index (χ1) is 19.2. The van der Waals surface area contributed by atoms with Gasteiger partial charge in [0.2, 0.25) is 0 Å². The number of nitrogens with one attached hydrogen (secondary N) is 3. The van der Waals surface area contributed by atoms with Crippen LogP contribution >= 0.6 is 11.9 Å². The number of hydrazine groups is 1. The molecular weight excluding hydrogens is 525 g/mol. The Bertz CT molecular complexity index is 1420. The topological polar surface area (TPSA) is 70.6 Å². The van der Waals surface area contributed by atoms with Crippen LogP contribution in [0.25, 0.3) is 22.2 Å². The third-order valence-electron chi connectivity index (χ3n) is 8.56. The molecule has 1 aromatic heterocycles. The standard InChI is InChI=1S/C31H40FN5O2S/c1-5-40-37-30(38)33-23-12-14-24-26(16-23)36-17-21(19(2)34-31(3,4)35-37)18-39-27-15-22(32)11-13-25(27)29(36)28(24)20-9-7-6-8-10-20/h11-16,19-21,34-35H,5-10,17-18H2,1-4H3,(H,33,38)/t19?,21-/m0/s1. The molecule has 7 nitrogen and oxygen atoms in total. The number of carbonyl (C=O) groups is 1. The van der Waals surface area contributed by atoms with Gasteiger partial charge in [-0.1, -0.05) is 32.3 Å². The number of carbonyl (C=O) groups excluding carboxylic acids is 1. The Labute approximate surface area is 240 Å². The summed E-state index contributed by atoms with van der Waals surface area (Å²) in [7, 11) is 0. The van der Waals surface area contributed by atoms with E-state index in [1.54, 1.807) is 10.5 Å². The number of ether oxygens (including phenoxy) is 1. The number of nitrogens with zero attached hydrogens (tertiary/aromatic N) is 2. The van der Waals surface area contributed by atoms with Crippen LogP contribution in [-0.2, 0) is 6.54 Å². The van der Waals surface area contributed by atoms with Crippen LogP contribution in [0.3, 0.4) is 0 Å². The Morgan fingerprint density at radius 2 is 1.93 bits per heavy atom. The highest BCUT2D eigenvalue weighted by molar-refractivity contribution is 7.97. The quantitative estimate of drug-likeness (QED) is 0.292. The Kier molecular flexibility index (Phi) is 7.48. The van der Waals surface area contributed by atoms with Crippen molar-refractivity contribution in [3.8, 4) is 17.0 Å². The number of rotatable bonds is 3. The molecule has 2 amide bonds. The number of hydrogen-bond acceptors (Lipinski definition) is 5. The van der Waals surface area contributed by atoms with Crippen molar-refractivity contribution in [1.29, 1.82) is 0 Å². The fourth-order valence-corrected chi connectivity index (χ4v) is 7.47. The first kappa shape index (κ1) is 27.4. The number of amides is 2. The minimum absolute atomic E-state index is 0.0292. The average molecular weight is 566 g/mol. The van der Waals surface area contributed by atoms with Crippen molar-refractivity contribution >= 4 is 34.6 Å². The minimum atomic E-state index is -0.583. The van der Waals surface area contributed by atoms with Gasteiger partial charge in [-0.3, -0.25) is 5.32 Å². The largest absolute Gasteiger partial charge is 0.492 e. The highest BCUT2D eigenvalue weighted by Gasteiger charge is 2.35. The van der Waals surface area contributed by atoms with E-state index in [2.05, 4.69) is 39.7 Å². The van der Waals surface area contributed by atoms with Crippen LogP contribution in [0.2, 0.25) is 0 Å². The SMILES string of the molecule is CCSN1NC(C)(C)NC(C)[C@@H]2COc3cc(F)ccc3-c3c(C4CCCCC4)c4ccc(cc4n3C2)NC1=O. The fraction of sp³-hybridized carbons (Fsp3) is 0.516. The van der Waals surface area contributed by atoms with Gasteiger partial charge in [-0.25, -0.2) is 14.6 Å². The van der Waals surface area contributed by atoms with E-state index in [0.717, 1.165) is 47.6 Å². The molecule has 1 fully saturated rings. The van der Waals surface area contributed by atoms with Crippen molar-refractivity contribution < 1.29 is 13.9 Å². The lowest BCUT2D eigenvalue weighted by Crippen LogP contribution is -2.62. The molecule has 3 aromatic rings. The van der Waals surface area contributed by atoms with Crippen LogP contribution in [0, 0.1) is 11.7 Å². The monoisotopic (exact) mass is 565 g/mol. The van der Waals surface area contributed by atoms with E-state index in [-0.39, 0.29) is 23.8 Å². The zero-order valence-corrected chi connectivity index (χ0v) is 24.7. The lowest BCUT2D eigenvalue weighted by Gasteiger charge is -2.38. The summed E-state index contributed by atoms with van der Waals surface area (Å²) < 4.78 is 25.0. The zero-order valence-electron chi connectivity index (χ0n) is 23.9. The molecule has 1 saturated carbocycles. The van der Waals surface area contributed by atoms with Crippen molar-refractivity contribution in [1.82, 2.24) is 19.7 Å². The summed E-state index contributed by atoms with van der Waals surface area (Å²) in [6.07, 6.45) is 5.99. The van der Waals surface area contributed by atoms with Gasteiger partial charge in [-0.05, 0) is 81.3 Å². The van der Waals surface area contributed by atoms with Crippen LogP contribution in [-0.4, -0.2) is 39.1 Å². The fourth-order valence-electron chi connectivity index (χ4n) is 6.75. The Balaban J connectivity index is 1.60. The molecule has 214 valence electrons. The second-order valence-electron chi connectivity index (χ2n) is 12.0. The third kappa shape index (κ3) is 5.19. The summed E-state index contributed by atoms with van der Waals surface area (Å²) >= 11 is 1.43. The maximum atomic E-state index is 14.6. The number of hydrogen-bond donors (Lipinski definition) is 3. The van der Waals surface area contributed by atoms with E-state index < -0.39 is 5.66 Å². The first-order valence-electron chi connectivity index (χ1n) is 14.6. The van der Waals surface area contributed by atoms with E-state index in [9.17, 15) is 9.18 Å². The third-order valence-corrected chi connectivity index (χ3v) is 9.33. The zero-order chi connectivity index (χ0) is 28.0. The normalized spacial score (nSPS) is 23.4. The molecule has 1 unspecified atom stereocenters. The van der Waals surface area contributed by atoms with Crippen LogP contribution in [0.1, 0.15) is 71.3 Å². The van der Waals surface area contributed by atoms with Gasteiger partial charge in [-0.15, -0.1) is 0 Å². The van der Waals surface area contributed by atoms with E-state index in [0.29, 0.717) is 18.3 Å². The van der Waals surface area contributed by atoms with Gasteiger partial charge < -0.3 is 14.6 Å². The molecule has 0 saturated heterocycles. The molecule has 3 aliphatic rings. The van der Waals surface area contributed by atoms with E-state index in [4.69, 9.17) is 4.74 Å². The molecule has 6 rings (SSSR count). The van der Waals surface area contributed by atoms with E-state index >= 15 is 0 Å². The maximum absolute atomic E-state index is 14.6. The number of fused-ring (bicyclic) bond motifs is 4. The predicted octanol–water partition coefficient (Wildman–Crippen LogP) is 7.24. The summed E-state index contributed by atoms with van der Waals surface area (Å²) in [5.74, 6) is 1.56. The number of halogens is 1. The summed E-state index contributed by atoms with van der Waals surface area (Å²) in [5, 5.41) is 8.05. The Morgan fingerprint density at radius 3 is 2.70 bits per heavy atom. The van der Waals surface area contributed by atoms with Gasteiger partial charge in [0.1, 0.15) is 11.6 Å². The van der Waals surface area contributed by atoms with Gasteiger partial charge in [0.25, 0.3) is 0 Å². The summed E-state index contributed by atoms with van der Waals surface area (Å²) in [4.78, 5) is 13.4. The summed E-state index contributed by atoms with van der Waals surface area (Å²) in [6.45, 7) is 9.46. The first-order valence-corrected chi connectivity index (χ1v) is 15.6. The summed E-state index contributed by atoms with van der Waals surface area (Å²) in [6, 6.07) is 11.1. The van der Waals surface area contributed by atoms with Gasteiger partial charge in [0, 0.05) is 47.0 Å². The highest BCUT2D eigenvalue weighted by Crippen LogP contribution is 2.48. The van der Waals surface area contributed by atoms with Crippen LogP contribution in [0.4, 0.5) is 14.9 Å². The maximum Gasteiger partial charge on any atom is 0.346 e. The van der Waals surface area contributed by atoms with Gasteiger partial charge in [0.05, 0.1) is 23.5 Å². The van der Waals surface area contributed by atoms with Crippen molar-refractivity contribution in [2.45, 2.75) is 84.0 Å². The highest BCUT2D eigenvalue weighted by atomic mass is 32.2. The van der Waals surface area contributed by atoms with Gasteiger partial charge >= 0.3 is 6.03 Å². The molecule has 2 aliphatic heterocycles. The predicted molar refractivity (Wildman–Crippen MR) is 161 cm³/mol. The van der Waals surface area contributed by atoms with E-state index in [1.807, 2.05) is 32.9 Å².